The summed E-state index contributed by atoms with van der Waals surface area (Å²) < 4.78 is 5.68. The van der Waals surface area contributed by atoms with Crippen LogP contribution in [0.4, 0.5) is 5.69 Å². The number of imidazole rings is 1. The van der Waals surface area contributed by atoms with Crippen LogP contribution in [0.15, 0.2) is 109 Å². The number of carbonyl (C=O) groups excluding carboxylic acids is 1. The Bertz CT molecular complexity index is 1350. The van der Waals surface area contributed by atoms with E-state index in [0.717, 1.165) is 45.2 Å². The third kappa shape index (κ3) is 5.31. The van der Waals surface area contributed by atoms with Crippen LogP contribution in [0, 0.1) is 6.92 Å². The molecule has 172 valence electrons. The van der Waals surface area contributed by atoms with Crippen molar-refractivity contribution in [2.45, 2.75) is 6.92 Å². The quantitative estimate of drug-likeness (QED) is 0.283. The number of nitrogens with zero attached hydrogens (tertiary/aromatic N) is 1. The zero-order valence-corrected chi connectivity index (χ0v) is 19.4. The van der Waals surface area contributed by atoms with Crippen LogP contribution in [-0.2, 0) is 4.79 Å². The first-order chi connectivity index (χ1) is 17.2. The van der Waals surface area contributed by atoms with Crippen LogP contribution in [0.5, 0.6) is 5.75 Å². The van der Waals surface area contributed by atoms with Crippen molar-refractivity contribution >= 4 is 11.6 Å². The molecule has 5 nitrogen and oxygen atoms in total. The number of aryl methyl sites for hydroxylation is 1. The highest BCUT2D eigenvalue weighted by Crippen LogP contribution is 2.33. The molecule has 0 bridgehead atoms. The fraction of sp³-hybridized carbons (Fsp3) is 0.0667. The first-order valence-corrected chi connectivity index (χ1v) is 11.5. The fourth-order valence-corrected chi connectivity index (χ4v) is 3.82. The number of hydrogen-bond donors (Lipinski definition) is 2. The number of nitrogens with one attached hydrogen (secondary N) is 2. The van der Waals surface area contributed by atoms with E-state index in [1.54, 1.807) is 0 Å². The van der Waals surface area contributed by atoms with Crippen LogP contribution in [0.2, 0.25) is 0 Å². The average molecular weight is 460 g/mol. The minimum absolute atomic E-state index is 0.0652. The number of aromatic nitrogens is 2. The van der Waals surface area contributed by atoms with E-state index in [2.05, 4.69) is 34.6 Å². The maximum Gasteiger partial charge on any atom is 0.262 e. The molecule has 0 aliphatic carbocycles. The molecular weight excluding hydrogens is 434 g/mol. The SMILES string of the molecule is Cc1ccc(NC(=O)COc2ccc(-c3nc(-c4ccccc4)c(-c4ccccc4)[nH]3)cc2)cc1. The Morgan fingerprint density at radius 3 is 2.06 bits per heavy atom. The summed E-state index contributed by atoms with van der Waals surface area (Å²) in [5, 5.41) is 2.84. The second-order valence-electron chi connectivity index (χ2n) is 8.27. The van der Waals surface area contributed by atoms with Crippen LogP contribution in [0.25, 0.3) is 33.9 Å². The van der Waals surface area contributed by atoms with Crippen molar-refractivity contribution < 1.29 is 9.53 Å². The minimum atomic E-state index is -0.205. The van der Waals surface area contributed by atoms with E-state index in [4.69, 9.17) is 9.72 Å². The van der Waals surface area contributed by atoms with Gasteiger partial charge in [-0.1, -0.05) is 78.4 Å². The normalized spacial score (nSPS) is 10.7. The van der Waals surface area contributed by atoms with Crippen LogP contribution < -0.4 is 10.1 Å². The minimum Gasteiger partial charge on any atom is -0.484 e. The Morgan fingerprint density at radius 1 is 0.771 bits per heavy atom. The Kier molecular flexibility index (Phi) is 6.39. The molecule has 5 heteroatoms. The second-order valence-corrected chi connectivity index (χ2v) is 8.27. The lowest BCUT2D eigenvalue weighted by molar-refractivity contribution is -0.118. The molecule has 1 heterocycles. The number of anilines is 1. The van der Waals surface area contributed by atoms with E-state index >= 15 is 0 Å². The molecule has 1 aromatic heterocycles. The summed E-state index contributed by atoms with van der Waals surface area (Å²) in [6, 6.07) is 35.6. The van der Waals surface area contributed by atoms with Crippen LogP contribution in [-0.4, -0.2) is 22.5 Å². The van der Waals surface area contributed by atoms with Gasteiger partial charge in [-0.05, 0) is 43.3 Å². The van der Waals surface area contributed by atoms with E-state index in [1.165, 1.54) is 0 Å². The average Bonchev–Trinajstić information content (AvgIpc) is 3.36. The largest absolute Gasteiger partial charge is 0.484 e. The zero-order chi connectivity index (χ0) is 24.0. The summed E-state index contributed by atoms with van der Waals surface area (Å²) in [6.07, 6.45) is 0. The highest BCUT2D eigenvalue weighted by atomic mass is 16.5. The third-order valence-electron chi connectivity index (χ3n) is 5.65. The van der Waals surface area contributed by atoms with Gasteiger partial charge in [0.25, 0.3) is 5.91 Å². The molecule has 35 heavy (non-hydrogen) atoms. The van der Waals surface area contributed by atoms with Crippen molar-refractivity contribution in [2.24, 2.45) is 0 Å². The van der Waals surface area contributed by atoms with Gasteiger partial charge in [0.15, 0.2) is 6.61 Å². The van der Waals surface area contributed by atoms with Gasteiger partial charge in [0.2, 0.25) is 0 Å². The van der Waals surface area contributed by atoms with Crippen molar-refractivity contribution in [3.05, 3.63) is 115 Å². The number of benzene rings is 4. The van der Waals surface area contributed by atoms with E-state index < -0.39 is 0 Å². The lowest BCUT2D eigenvalue weighted by atomic mass is 10.1. The number of ether oxygens (including phenoxy) is 1. The van der Waals surface area contributed by atoms with E-state index in [1.807, 2.05) is 91.9 Å². The number of hydrogen-bond acceptors (Lipinski definition) is 3. The Morgan fingerprint density at radius 2 is 1.40 bits per heavy atom. The first-order valence-electron chi connectivity index (χ1n) is 11.5. The molecule has 1 amide bonds. The van der Waals surface area contributed by atoms with Gasteiger partial charge in [0.1, 0.15) is 11.6 Å². The summed E-state index contributed by atoms with van der Waals surface area (Å²) in [5.74, 6) is 1.18. The summed E-state index contributed by atoms with van der Waals surface area (Å²) in [6.45, 7) is 1.94. The number of rotatable bonds is 7. The molecule has 5 rings (SSSR count). The Balaban J connectivity index is 1.32. The van der Waals surface area contributed by atoms with Gasteiger partial charge in [-0.2, -0.15) is 0 Å². The van der Waals surface area contributed by atoms with Gasteiger partial charge in [0.05, 0.1) is 11.4 Å². The van der Waals surface area contributed by atoms with Gasteiger partial charge >= 0.3 is 0 Å². The van der Waals surface area contributed by atoms with Gasteiger partial charge in [-0.25, -0.2) is 4.98 Å². The molecule has 0 saturated heterocycles. The van der Waals surface area contributed by atoms with Crippen molar-refractivity contribution in [3.63, 3.8) is 0 Å². The standard InChI is InChI=1S/C30H25N3O2/c1-21-12-16-25(17-13-21)31-27(34)20-35-26-18-14-24(15-19-26)30-32-28(22-8-4-2-5-9-22)29(33-30)23-10-6-3-7-11-23/h2-19H,20H2,1H3,(H,31,34)(H,32,33). The highest BCUT2D eigenvalue weighted by molar-refractivity contribution is 5.91. The van der Waals surface area contributed by atoms with E-state index in [0.29, 0.717) is 5.75 Å². The van der Waals surface area contributed by atoms with Crippen LogP contribution in [0.3, 0.4) is 0 Å². The van der Waals surface area contributed by atoms with Crippen molar-refractivity contribution in [1.82, 2.24) is 9.97 Å². The van der Waals surface area contributed by atoms with Crippen molar-refractivity contribution in [3.8, 4) is 39.7 Å². The first kappa shape index (κ1) is 22.2. The molecule has 0 saturated carbocycles. The topological polar surface area (TPSA) is 67.0 Å². The molecule has 0 fully saturated rings. The molecule has 4 aromatic carbocycles. The zero-order valence-electron chi connectivity index (χ0n) is 19.4. The Labute approximate surface area is 204 Å². The number of amides is 1. The summed E-state index contributed by atoms with van der Waals surface area (Å²) >= 11 is 0. The predicted molar refractivity (Wildman–Crippen MR) is 140 cm³/mol. The highest BCUT2D eigenvalue weighted by Gasteiger charge is 2.15. The van der Waals surface area contributed by atoms with Gasteiger partial charge in [-0.15, -0.1) is 0 Å². The lowest BCUT2D eigenvalue weighted by Crippen LogP contribution is -2.20. The van der Waals surface area contributed by atoms with Gasteiger partial charge in [-0.3, -0.25) is 4.79 Å². The monoisotopic (exact) mass is 459 g/mol. The molecule has 5 aromatic rings. The van der Waals surface area contributed by atoms with Crippen molar-refractivity contribution in [2.75, 3.05) is 11.9 Å². The third-order valence-corrected chi connectivity index (χ3v) is 5.65. The molecular formula is C30H25N3O2. The summed E-state index contributed by atoms with van der Waals surface area (Å²) in [7, 11) is 0. The molecule has 0 unspecified atom stereocenters. The molecule has 0 aliphatic rings. The molecule has 0 radical (unpaired) electrons. The molecule has 2 N–H and O–H groups in total. The Hall–Kier alpha value is -4.64. The van der Waals surface area contributed by atoms with Gasteiger partial charge in [0, 0.05) is 22.4 Å². The number of aromatic amines is 1. The second kappa shape index (κ2) is 10.1. The van der Waals surface area contributed by atoms with Crippen molar-refractivity contribution in [1.29, 1.82) is 0 Å². The number of carbonyl (C=O) groups is 1. The molecule has 0 atom stereocenters. The predicted octanol–water partition coefficient (Wildman–Crippen LogP) is 6.74. The van der Waals surface area contributed by atoms with E-state index in [9.17, 15) is 4.79 Å². The summed E-state index contributed by atoms with van der Waals surface area (Å²) in [4.78, 5) is 20.6. The molecule has 0 spiro atoms. The lowest BCUT2D eigenvalue weighted by Gasteiger charge is -2.08. The van der Waals surface area contributed by atoms with E-state index in [-0.39, 0.29) is 12.5 Å². The van der Waals surface area contributed by atoms with Crippen LogP contribution >= 0.6 is 0 Å². The maximum atomic E-state index is 12.2. The number of H-pyrrole nitrogens is 1. The maximum absolute atomic E-state index is 12.2. The van der Waals surface area contributed by atoms with Crippen LogP contribution in [0.1, 0.15) is 5.56 Å². The summed E-state index contributed by atoms with van der Waals surface area (Å²) in [5.41, 5.74) is 6.82. The van der Waals surface area contributed by atoms with Gasteiger partial charge < -0.3 is 15.0 Å². The smallest absolute Gasteiger partial charge is 0.262 e. The molecule has 0 aliphatic heterocycles. The fourth-order valence-electron chi connectivity index (χ4n) is 3.82.